The molecule has 0 aromatic heterocycles. The van der Waals surface area contributed by atoms with Crippen LogP contribution in [0.25, 0.3) is 0 Å². The third-order valence-corrected chi connectivity index (χ3v) is 4.36. The number of aliphatic hydroxyl groups is 4. The van der Waals surface area contributed by atoms with Crippen LogP contribution in [0.15, 0.2) is 0 Å². The fourth-order valence-corrected chi connectivity index (χ4v) is 2.89. The Labute approximate surface area is 144 Å². The van der Waals surface area contributed by atoms with Crippen molar-refractivity contribution >= 4 is 0 Å². The van der Waals surface area contributed by atoms with Crippen LogP contribution in [0.4, 0.5) is 0 Å². The summed E-state index contributed by atoms with van der Waals surface area (Å²) >= 11 is 0. The summed E-state index contributed by atoms with van der Waals surface area (Å²) < 4.78 is 11.0. The topological polar surface area (TPSA) is 203 Å². The maximum Gasteiger partial charge on any atom is 2.00 e. The van der Waals surface area contributed by atoms with Gasteiger partial charge in [0.2, 0.25) is 0 Å². The van der Waals surface area contributed by atoms with Crippen LogP contribution in [0, 0.1) is 0 Å². The quantitative estimate of drug-likeness (QED) is 0.217. The van der Waals surface area contributed by atoms with Crippen molar-refractivity contribution in [2.24, 2.45) is 22.9 Å². The van der Waals surface area contributed by atoms with Gasteiger partial charge in [-0.15, -0.1) is 0 Å². The SMILES string of the molecule is NC[C@H]1O[C@H](O[C@@H]2[C@@H](O)[C@H](O)[C@@H](N)C[C@H]2N)[C@H](N)[C@@H](O)[C@@H]1O.[Cu+2]. The van der Waals surface area contributed by atoms with E-state index < -0.39 is 61.0 Å². The van der Waals surface area contributed by atoms with Gasteiger partial charge in [-0.3, -0.25) is 0 Å². The maximum atomic E-state index is 10.1. The zero-order valence-corrected chi connectivity index (χ0v) is 13.3. The van der Waals surface area contributed by atoms with Crippen molar-refractivity contribution in [3.8, 4) is 0 Å². The van der Waals surface area contributed by atoms with Crippen LogP contribution in [0.2, 0.25) is 0 Å². The molecule has 1 radical (unpaired) electrons. The molecule has 2 aliphatic rings. The van der Waals surface area contributed by atoms with Crippen LogP contribution in [-0.2, 0) is 26.5 Å². The Morgan fingerprint density at radius 3 is 2.09 bits per heavy atom. The number of rotatable bonds is 3. The third-order valence-electron chi connectivity index (χ3n) is 4.36. The molecule has 139 valence electrons. The molecule has 2 rings (SSSR count). The van der Waals surface area contributed by atoms with Crippen LogP contribution >= 0.6 is 0 Å². The largest absolute Gasteiger partial charge is 2.00 e. The van der Waals surface area contributed by atoms with Gasteiger partial charge in [0.05, 0.1) is 12.1 Å². The zero-order chi connectivity index (χ0) is 16.6. The number of hydrogen-bond acceptors (Lipinski definition) is 10. The van der Waals surface area contributed by atoms with Gasteiger partial charge in [-0.1, -0.05) is 0 Å². The maximum absolute atomic E-state index is 10.1. The molecule has 23 heavy (non-hydrogen) atoms. The van der Waals surface area contributed by atoms with Gasteiger partial charge in [-0.05, 0) is 6.42 Å². The summed E-state index contributed by atoms with van der Waals surface area (Å²) in [6.07, 6.45) is -7.73. The van der Waals surface area contributed by atoms with Crippen molar-refractivity contribution in [1.29, 1.82) is 0 Å². The Bertz CT molecular complexity index is 381. The smallest absolute Gasteiger partial charge is 0.389 e. The van der Waals surface area contributed by atoms with Crippen molar-refractivity contribution in [3.63, 3.8) is 0 Å². The Morgan fingerprint density at radius 1 is 0.913 bits per heavy atom. The summed E-state index contributed by atoms with van der Waals surface area (Å²) in [7, 11) is 0. The first-order valence-electron chi connectivity index (χ1n) is 7.28. The molecule has 0 bridgehead atoms. The molecular formula is C12H26CuN4O6+2. The molecule has 12 N–H and O–H groups in total. The van der Waals surface area contributed by atoms with Gasteiger partial charge in [0.15, 0.2) is 6.29 Å². The van der Waals surface area contributed by atoms with E-state index in [4.69, 9.17) is 32.4 Å². The Kier molecular flexibility index (Phi) is 7.80. The normalized spacial score (nSPS) is 51.1. The van der Waals surface area contributed by atoms with E-state index in [0.29, 0.717) is 0 Å². The summed E-state index contributed by atoms with van der Waals surface area (Å²) in [6, 6.07) is -2.34. The van der Waals surface area contributed by atoms with E-state index in [1.807, 2.05) is 0 Å². The fraction of sp³-hybridized carbons (Fsp3) is 1.00. The van der Waals surface area contributed by atoms with Gasteiger partial charge >= 0.3 is 17.1 Å². The van der Waals surface area contributed by atoms with E-state index in [1.165, 1.54) is 0 Å². The molecule has 0 aromatic carbocycles. The standard InChI is InChI=1S/C12H26N4O6.Cu/c13-2-5-8(18)9(19)6(16)12(21-5)22-11-4(15)1-3(14)7(17)10(11)20;/h3-12,17-20H,1-2,13-16H2;/q;+2/t3-,4+,5+,6+,7+,8+,9+,10-,11-,12+;/m0./s1. The number of ether oxygens (including phenoxy) is 2. The molecule has 1 aliphatic carbocycles. The van der Waals surface area contributed by atoms with Crippen LogP contribution in [-0.4, -0.2) is 88.0 Å². The van der Waals surface area contributed by atoms with E-state index in [0.717, 1.165) is 0 Å². The summed E-state index contributed by atoms with van der Waals surface area (Å²) in [5.74, 6) is 0. The first-order chi connectivity index (χ1) is 10.3. The second-order valence-corrected chi connectivity index (χ2v) is 5.98. The predicted molar refractivity (Wildman–Crippen MR) is 75.2 cm³/mol. The molecule has 1 saturated carbocycles. The van der Waals surface area contributed by atoms with E-state index in [-0.39, 0.29) is 30.0 Å². The molecule has 0 unspecified atom stereocenters. The molecule has 0 aromatic rings. The molecular weight excluding hydrogens is 360 g/mol. The summed E-state index contributed by atoms with van der Waals surface area (Å²) in [5, 5.41) is 39.6. The first kappa shape index (κ1) is 21.2. The first-order valence-corrected chi connectivity index (χ1v) is 7.28. The van der Waals surface area contributed by atoms with Crippen molar-refractivity contribution in [3.05, 3.63) is 0 Å². The minimum atomic E-state index is -1.31. The van der Waals surface area contributed by atoms with E-state index in [2.05, 4.69) is 0 Å². The monoisotopic (exact) mass is 385 g/mol. The van der Waals surface area contributed by atoms with Gasteiger partial charge in [0.1, 0.15) is 30.5 Å². The molecule has 11 heteroatoms. The second-order valence-electron chi connectivity index (χ2n) is 5.98. The molecule has 1 aliphatic heterocycles. The van der Waals surface area contributed by atoms with Crippen LogP contribution in [0.1, 0.15) is 6.42 Å². The molecule has 1 saturated heterocycles. The molecule has 2 fully saturated rings. The molecule has 10 nitrogen and oxygen atoms in total. The Morgan fingerprint density at radius 2 is 1.52 bits per heavy atom. The van der Waals surface area contributed by atoms with Crippen molar-refractivity contribution in [2.75, 3.05) is 6.54 Å². The molecule has 10 atom stereocenters. The van der Waals surface area contributed by atoms with Crippen molar-refractivity contribution < 1.29 is 47.0 Å². The second kappa shape index (κ2) is 8.47. The van der Waals surface area contributed by atoms with Crippen LogP contribution < -0.4 is 22.9 Å². The summed E-state index contributed by atoms with van der Waals surface area (Å²) in [6.45, 7) is -0.0441. The van der Waals surface area contributed by atoms with Gasteiger partial charge in [-0.2, -0.15) is 0 Å². The third kappa shape index (κ3) is 4.21. The number of aliphatic hydroxyl groups excluding tert-OH is 4. The van der Waals surface area contributed by atoms with E-state index in [1.54, 1.807) is 0 Å². The van der Waals surface area contributed by atoms with Crippen molar-refractivity contribution in [2.45, 2.75) is 67.5 Å². The number of nitrogens with two attached hydrogens (primary N) is 4. The Hall–Kier alpha value is 0.119. The van der Waals surface area contributed by atoms with E-state index in [9.17, 15) is 20.4 Å². The predicted octanol–water partition coefficient (Wildman–Crippen LogP) is -5.12. The minimum absolute atomic E-state index is 0. The van der Waals surface area contributed by atoms with Crippen LogP contribution in [0.5, 0.6) is 0 Å². The van der Waals surface area contributed by atoms with Gasteiger partial charge < -0.3 is 52.8 Å². The average Bonchev–Trinajstić information content (AvgIpc) is 2.49. The molecule has 0 spiro atoms. The van der Waals surface area contributed by atoms with Crippen LogP contribution in [0.3, 0.4) is 0 Å². The molecule has 0 amide bonds. The number of hydrogen-bond donors (Lipinski definition) is 8. The summed E-state index contributed by atoms with van der Waals surface area (Å²) in [4.78, 5) is 0. The van der Waals surface area contributed by atoms with E-state index >= 15 is 0 Å². The average molecular weight is 386 g/mol. The van der Waals surface area contributed by atoms with Gasteiger partial charge in [-0.25, -0.2) is 0 Å². The Balaban J connectivity index is 0.00000264. The summed E-state index contributed by atoms with van der Waals surface area (Å²) in [5.41, 5.74) is 22.8. The van der Waals surface area contributed by atoms with Gasteiger partial charge in [0, 0.05) is 18.6 Å². The molecule has 1 heterocycles. The zero-order valence-electron chi connectivity index (χ0n) is 12.4. The van der Waals surface area contributed by atoms with Gasteiger partial charge in [0.25, 0.3) is 0 Å². The van der Waals surface area contributed by atoms with Crippen molar-refractivity contribution in [1.82, 2.24) is 0 Å². The minimum Gasteiger partial charge on any atom is -0.389 e. The fourth-order valence-electron chi connectivity index (χ4n) is 2.89.